The van der Waals surface area contributed by atoms with Crippen molar-refractivity contribution in [2.75, 3.05) is 18.8 Å². The van der Waals surface area contributed by atoms with Crippen LogP contribution in [0.3, 0.4) is 0 Å². The second-order valence-electron chi connectivity index (χ2n) is 7.34. The van der Waals surface area contributed by atoms with Gasteiger partial charge in [0.2, 0.25) is 5.91 Å². The number of fused-ring (bicyclic) bond motifs is 1. The Bertz CT molecular complexity index is 1230. The van der Waals surface area contributed by atoms with Crippen LogP contribution in [-0.4, -0.2) is 54.4 Å². The lowest BCUT2D eigenvalue weighted by atomic mass is 9.98. The maximum Gasteiger partial charge on any atom is 0.233 e. The first-order valence-electron chi connectivity index (χ1n) is 9.97. The van der Waals surface area contributed by atoms with Crippen molar-refractivity contribution >= 4 is 23.3 Å². The largest absolute Gasteiger partial charge is 0.341 e. The average molecular weight is 435 g/mol. The summed E-state index contributed by atoms with van der Waals surface area (Å²) in [5, 5.41) is 13.6. The van der Waals surface area contributed by atoms with Gasteiger partial charge in [-0.1, -0.05) is 30.0 Å². The van der Waals surface area contributed by atoms with Gasteiger partial charge in [-0.2, -0.15) is 9.61 Å². The Balaban J connectivity index is 1.26. The van der Waals surface area contributed by atoms with Gasteiger partial charge in [0.1, 0.15) is 10.8 Å². The molecule has 156 valence electrons. The number of halogens is 1. The van der Waals surface area contributed by atoms with Crippen LogP contribution in [0.15, 0.2) is 66.0 Å². The number of hydrogen-bond donors (Lipinski definition) is 0. The third-order valence-electron chi connectivity index (χ3n) is 5.39. The Labute approximate surface area is 182 Å². The smallest absolute Gasteiger partial charge is 0.233 e. The van der Waals surface area contributed by atoms with Crippen LogP contribution in [0, 0.1) is 5.82 Å². The molecule has 0 radical (unpaired) electrons. The number of pyridine rings is 1. The van der Waals surface area contributed by atoms with Crippen molar-refractivity contribution in [3.8, 4) is 11.4 Å². The minimum Gasteiger partial charge on any atom is -0.341 e. The first-order chi connectivity index (χ1) is 15.2. The zero-order valence-corrected chi connectivity index (χ0v) is 17.4. The average Bonchev–Trinajstić information content (AvgIpc) is 3.46. The van der Waals surface area contributed by atoms with Gasteiger partial charge in [0.05, 0.1) is 5.75 Å². The molecular formula is C22H19FN6OS. The van der Waals surface area contributed by atoms with Gasteiger partial charge in [-0.3, -0.25) is 9.78 Å². The fraction of sp³-hybridized carbons (Fsp3) is 0.227. The first-order valence-corrected chi connectivity index (χ1v) is 11.0. The van der Waals surface area contributed by atoms with E-state index >= 15 is 0 Å². The highest BCUT2D eigenvalue weighted by Gasteiger charge is 2.28. The van der Waals surface area contributed by atoms with Crippen LogP contribution >= 0.6 is 11.8 Å². The van der Waals surface area contributed by atoms with Gasteiger partial charge >= 0.3 is 0 Å². The molecule has 9 heteroatoms. The van der Waals surface area contributed by atoms with E-state index in [2.05, 4.69) is 20.3 Å². The molecule has 5 rings (SSSR count). The van der Waals surface area contributed by atoms with Crippen molar-refractivity contribution in [1.82, 2.24) is 29.7 Å². The van der Waals surface area contributed by atoms with Crippen LogP contribution in [0.5, 0.6) is 0 Å². The Kier molecular flexibility index (Phi) is 5.33. The Morgan fingerprint density at radius 1 is 1.13 bits per heavy atom. The fourth-order valence-corrected chi connectivity index (χ4v) is 4.56. The maximum atomic E-state index is 14.1. The molecule has 1 aliphatic heterocycles. The van der Waals surface area contributed by atoms with Gasteiger partial charge in [-0.25, -0.2) is 4.39 Å². The number of rotatable bonds is 5. The van der Waals surface area contributed by atoms with Crippen molar-refractivity contribution in [3.63, 3.8) is 0 Å². The molecule has 0 spiro atoms. The number of likely N-dealkylation sites (tertiary alicyclic amines) is 1. The van der Waals surface area contributed by atoms with E-state index in [1.807, 2.05) is 35.2 Å². The van der Waals surface area contributed by atoms with Gasteiger partial charge in [-0.15, -0.1) is 10.2 Å². The lowest BCUT2D eigenvalue weighted by molar-refractivity contribution is -0.127. The highest BCUT2D eigenvalue weighted by molar-refractivity contribution is 7.99. The summed E-state index contributed by atoms with van der Waals surface area (Å²) in [5.74, 6) is 0.745. The molecule has 1 unspecified atom stereocenters. The van der Waals surface area contributed by atoms with E-state index in [4.69, 9.17) is 0 Å². The van der Waals surface area contributed by atoms with Crippen LogP contribution in [0.25, 0.3) is 17.0 Å². The molecule has 0 N–H and O–H groups in total. The summed E-state index contributed by atoms with van der Waals surface area (Å²) in [6.07, 6.45) is 4.18. The van der Waals surface area contributed by atoms with Crippen LogP contribution in [0.1, 0.15) is 17.9 Å². The van der Waals surface area contributed by atoms with Crippen molar-refractivity contribution in [1.29, 1.82) is 0 Å². The molecule has 7 nitrogen and oxygen atoms in total. The summed E-state index contributed by atoms with van der Waals surface area (Å²) in [6, 6.07) is 14.2. The predicted octanol–water partition coefficient (Wildman–Crippen LogP) is 3.43. The first kappa shape index (κ1) is 19.6. The topological polar surface area (TPSA) is 76.3 Å². The van der Waals surface area contributed by atoms with Crippen LogP contribution in [0.2, 0.25) is 0 Å². The molecule has 1 amide bonds. The maximum absolute atomic E-state index is 14.1. The number of benzene rings is 1. The number of nitrogens with zero attached hydrogens (tertiary/aromatic N) is 6. The predicted molar refractivity (Wildman–Crippen MR) is 115 cm³/mol. The van der Waals surface area contributed by atoms with Gasteiger partial charge in [0.15, 0.2) is 11.5 Å². The second-order valence-corrected chi connectivity index (χ2v) is 8.34. The van der Waals surface area contributed by atoms with Gasteiger partial charge in [0.25, 0.3) is 0 Å². The number of carbonyl (C=O) groups is 1. The van der Waals surface area contributed by atoms with Crippen LogP contribution in [0.4, 0.5) is 4.39 Å². The molecule has 31 heavy (non-hydrogen) atoms. The van der Waals surface area contributed by atoms with Crippen molar-refractivity contribution in [3.05, 3.63) is 72.3 Å². The summed E-state index contributed by atoms with van der Waals surface area (Å²) in [6.45, 7) is 1.19. The number of carbonyl (C=O) groups excluding carboxylic acids is 1. The molecule has 1 atom stereocenters. The van der Waals surface area contributed by atoms with Crippen molar-refractivity contribution in [2.45, 2.75) is 17.4 Å². The summed E-state index contributed by atoms with van der Waals surface area (Å²) in [5.41, 5.74) is 2.13. The monoisotopic (exact) mass is 434 g/mol. The lowest BCUT2D eigenvalue weighted by Crippen LogP contribution is -2.30. The standard InChI is InChI=1S/C22H19FN6OS/c23-18-6-2-1-5-17(18)16-9-11-28(13-16)21(30)14-31-20-8-7-19-25-26-22(29(19)27-20)15-4-3-10-24-12-15/h1-8,10,12,16H,9,11,13-14H2. The molecule has 3 aromatic heterocycles. The van der Waals surface area contributed by atoms with E-state index < -0.39 is 0 Å². The summed E-state index contributed by atoms with van der Waals surface area (Å²) >= 11 is 1.37. The minimum absolute atomic E-state index is 0.0296. The second kappa shape index (κ2) is 8.43. The highest BCUT2D eigenvalue weighted by Crippen LogP contribution is 2.29. The zero-order valence-electron chi connectivity index (χ0n) is 16.6. The van der Waals surface area contributed by atoms with Gasteiger partial charge in [-0.05, 0) is 42.3 Å². The Morgan fingerprint density at radius 2 is 2.03 bits per heavy atom. The Morgan fingerprint density at radius 3 is 2.87 bits per heavy atom. The van der Waals surface area contributed by atoms with E-state index in [1.54, 1.807) is 29.0 Å². The number of aromatic nitrogens is 5. The molecule has 1 fully saturated rings. The molecule has 1 aromatic carbocycles. The molecular weight excluding hydrogens is 415 g/mol. The molecule has 4 heterocycles. The van der Waals surface area contributed by atoms with Crippen LogP contribution < -0.4 is 0 Å². The minimum atomic E-state index is -0.202. The third-order valence-corrected chi connectivity index (χ3v) is 6.29. The van der Waals surface area contributed by atoms with E-state index in [0.29, 0.717) is 35.2 Å². The molecule has 4 aromatic rings. The normalized spacial score (nSPS) is 16.2. The molecule has 1 aliphatic rings. The summed E-state index contributed by atoms with van der Waals surface area (Å²) < 4.78 is 15.7. The van der Waals surface area contributed by atoms with Crippen molar-refractivity contribution in [2.24, 2.45) is 0 Å². The van der Waals surface area contributed by atoms with Gasteiger partial charge < -0.3 is 4.90 Å². The number of thioether (sulfide) groups is 1. The highest BCUT2D eigenvalue weighted by atomic mass is 32.2. The third kappa shape index (κ3) is 4.00. The summed E-state index contributed by atoms with van der Waals surface area (Å²) in [7, 11) is 0. The number of amides is 1. The quantitative estimate of drug-likeness (QED) is 0.448. The van der Waals surface area contributed by atoms with E-state index in [9.17, 15) is 9.18 Å². The van der Waals surface area contributed by atoms with Crippen LogP contribution in [-0.2, 0) is 4.79 Å². The van der Waals surface area contributed by atoms with Gasteiger partial charge in [0, 0.05) is 37.0 Å². The zero-order chi connectivity index (χ0) is 21.2. The lowest BCUT2D eigenvalue weighted by Gasteiger charge is -2.16. The fourth-order valence-electron chi connectivity index (χ4n) is 3.80. The molecule has 1 saturated heterocycles. The SMILES string of the molecule is O=C(CSc1ccc2nnc(-c3cccnc3)n2n1)N1CCC(c2ccccc2F)C1. The summed E-state index contributed by atoms with van der Waals surface area (Å²) in [4.78, 5) is 18.7. The van der Waals surface area contributed by atoms with Crippen molar-refractivity contribution < 1.29 is 9.18 Å². The van der Waals surface area contributed by atoms with E-state index in [0.717, 1.165) is 12.0 Å². The number of hydrogen-bond acceptors (Lipinski definition) is 6. The van der Waals surface area contributed by atoms with E-state index in [1.165, 1.54) is 17.8 Å². The molecule has 0 saturated carbocycles. The molecule has 0 aliphatic carbocycles. The molecule has 0 bridgehead atoms. The Hall–Kier alpha value is -3.33. The van der Waals surface area contributed by atoms with E-state index in [-0.39, 0.29) is 23.4 Å².